The van der Waals surface area contributed by atoms with Crippen molar-refractivity contribution in [3.63, 3.8) is 0 Å². The van der Waals surface area contributed by atoms with Gasteiger partial charge in [-0.3, -0.25) is 4.79 Å². The van der Waals surface area contributed by atoms with Gasteiger partial charge in [0.1, 0.15) is 10.7 Å². The van der Waals surface area contributed by atoms with Crippen LogP contribution < -0.4 is 11.1 Å². The number of hydrogen-bond acceptors (Lipinski definition) is 4. The molecule has 0 unspecified atom stereocenters. The number of thiazole rings is 1. The Labute approximate surface area is 105 Å². The first kappa shape index (κ1) is 13.4. The van der Waals surface area contributed by atoms with Gasteiger partial charge in [-0.1, -0.05) is 6.92 Å². The van der Waals surface area contributed by atoms with Gasteiger partial charge < -0.3 is 11.1 Å². The highest BCUT2D eigenvalue weighted by molar-refractivity contribution is 7.09. The van der Waals surface area contributed by atoms with E-state index in [-0.39, 0.29) is 18.3 Å². The van der Waals surface area contributed by atoms with Crippen molar-refractivity contribution < 1.29 is 4.79 Å². The van der Waals surface area contributed by atoms with E-state index in [1.807, 2.05) is 0 Å². The molecule has 16 heavy (non-hydrogen) atoms. The molecule has 0 atom stereocenters. The Kier molecular flexibility index (Phi) is 4.29. The second kappa shape index (κ2) is 5.12. The van der Waals surface area contributed by atoms with E-state index in [4.69, 9.17) is 5.73 Å². The first-order valence-electron chi connectivity index (χ1n) is 5.06. The van der Waals surface area contributed by atoms with Crippen molar-refractivity contribution >= 4 is 29.7 Å². The molecule has 1 aromatic rings. The van der Waals surface area contributed by atoms with Gasteiger partial charge in [0.05, 0.1) is 0 Å². The van der Waals surface area contributed by atoms with E-state index in [1.165, 1.54) is 24.2 Å². The van der Waals surface area contributed by atoms with Crippen LogP contribution in [0.3, 0.4) is 0 Å². The summed E-state index contributed by atoms with van der Waals surface area (Å²) in [5.41, 5.74) is 6.26. The van der Waals surface area contributed by atoms with Gasteiger partial charge in [0.25, 0.3) is 5.91 Å². The molecule has 0 saturated heterocycles. The maximum absolute atomic E-state index is 11.6. The summed E-state index contributed by atoms with van der Waals surface area (Å²) in [6.45, 7) is 3.33. The van der Waals surface area contributed by atoms with Gasteiger partial charge in [-0.25, -0.2) is 4.98 Å². The van der Waals surface area contributed by atoms with E-state index < -0.39 is 0 Å². The number of nitrogens with zero attached hydrogens (tertiary/aromatic N) is 1. The highest BCUT2D eigenvalue weighted by Gasteiger charge is 2.37. The number of rotatable bonds is 4. The molecule has 3 N–H and O–H groups in total. The first-order chi connectivity index (χ1) is 7.13. The van der Waals surface area contributed by atoms with Crippen LogP contribution in [0.4, 0.5) is 0 Å². The summed E-state index contributed by atoms with van der Waals surface area (Å²) < 4.78 is 0. The van der Waals surface area contributed by atoms with Crippen LogP contribution >= 0.6 is 23.7 Å². The molecule has 1 fully saturated rings. The summed E-state index contributed by atoms with van der Waals surface area (Å²) >= 11 is 1.43. The van der Waals surface area contributed by atoms with Gasteiger partial charge in [0, 0.05) is 18.5 Å². The molecule has 1 heterocycles. The quantitative estimate of drug-likeness (QED) is 0.864. The van der Waals surface area contributed by atoms with Crippen molar-refractivity contribution in [2.45, 2.75) is 26.3 Å². The number of halogens is 1. The summed E-state index contributed by atoms with van der Waals surface area (Å²) in [5, 5.41) is 5.46. The molecular weight excluding hydrogens is 246 g/mol. The van der Waals surface area contributed by atoms with Crippen LogP contribution in [0.2, 0.25) is 0 Å². The minimum Gasteiger partial charge on any atom is -0.350 e. The van der Waals surface area contributed by atoms with Gasteiger partial charge in [0.2, 0.25) is 0 Å². The predicted octanol–water partition coefficient (Wildman–Crippen LogP) is 1.55. The van der Waals surface area contributed by atoms with Crippen LogP contribution in [0.15, 0.2) is 5.38 Å². The molecule has 1 aliphatic rings. The lowest BCUT2D eigenvalue weighted by atomic mass is 10.1. The average molecular weight is 262 g/mol. The number of carbonyl (C=O) groups excluding carboxylic acids is 1. The van der Waals surface area contributed by atoms with Crippen LogP contribution in [0.25, 0.3) is 0 Å². The first-order valence-corrected chi connectivity index (χ1v) is 5.94. The summed E-state index contributed by atoms with van der Waals surface area (Å²) in [4.78, 5) is 15.8. The number of amides is 1. The number of aromatic nitrogens is 1. The number of nitrogens with one attached hydrogen (secondary N) is 1. The van der Waals surface area contributed by atoms with E-state index >= 15 is 0 Å². The van der Waals surface area contributed by atoms with Crippen molar-refractivity contribution in [2.24, 2.45) is 11.1 Å². The lowest BCUT2D eigenvalue weighted by Gasteiger charge is -2.08. The van der Waals surface area contributed by atoms with Crippen molar-refractivity contribution in [2.75, 3.05) is 6.54 Å². The lowest BCUT2D eigenvalue weighted by molar-refractivity contribution is 0.0941. The molecule has 1 amide bonds. The second-order valence-electron chi connectivity index (χ2n) is 4.32. The molecule has 0 bridgehead atoms. The molecule has 90 valence electrons. The standard InChI is InChI=1S/C10H15N3OS.ClH/c1-10(2-3-10)6-12-9(14)7-5-15-8(4-11)13-7;/h5H,2-4,6,11H2,1H3,(H,12,14);1H. The topological polar surface area (TPSA) is 68.0 Å². The molecular formula is C10H16ClN3OS. The molecule has 1 aliphatic carbocycles. The van der Waals surface area contributed by atoms with E-state index in [0.29, 0.717) is 17.7 Å². The second-order valence-corrected chi connectivity index (χ2v) is 5.27. The Morgan fingerprint density at radius 2 is 2.38 bits per heavy atom. The maximum atomic E-state index is 11.6. The Bertz CT molecular complexity index is 376. The van der Waals surface area contributed by atoms with Gasteiger partial charge in [-0.15, -0.1) is 23.7 Å². The van der Waals surface area contributed by atoms with Gasteiger partial charge >= 0.3 is 0 Å². The SMILES string of the molecule is CC1(CNC(=O)c2csc(CN)n2)CC1.Cl. The molecule has 0 aromatic carbocycles. The Morgan fingerprint density at radius 3 is 2.88 bits per heavy atom. The van der Waals surface area contributed by atoms with Crippen molar-refractivity contribution in [3.8, 4) is 0 Å². The molecule has 0 spiro atoms. The average Bonchev–Trinajstić information content (AvgIpc) is 2.81. The number of hydrogen-bond donors (Lipinski definition) is 2. The van der Waals surface area contributed by atoms with Crippen LogP contribution in [0.1, 0.15) is 35.3 Å². The highest BCUT2D eigenvalue weighted by Crippen LogP contribution is 2.44. The molecule has 0 aliphatic heterocycles. The maximum Gasteiger partial charge on any atom is 0.270 e. The fourth-order valence-electron chi connectivity index (χ4n) is 1.28. The zero-order valence-electron chi connectivity index (χ0n) is 9.16. The van der Waals surface area contributed by atoms with Gasteiger partial charge in [0.15, 0.2) is 0 Å². The Hall–Kier alpha value is -0.650. The largest absolute Gasteiger partial charge is 0.350 e. The van der Waals surface area contributed by atoms with E-state index in [9.17, 15) is 4.79 Å². The minimum absolute atomic E-state index is 0. The van der Waals surface area contributed by atoms with Crippen molar-refractivity contribution in [1.29, 1.82) is 0 Å². The summed E-state index contributed by atoms with van der Waals surface area (Å²) in [6, 6.07) is 0. The number of nitrogens with two attached hydrogens (primary N) is 1. The third kappa shape index (κ3) is 3.17. The highest BCUT2D eigenvalue weighted by atomic mass is 35.5. The Morgan fingerprint density at radius 1 is 1.69 bits per heavy atom. The van der Waals surface area contributed by atoms with Crippen LogP contribution in [-0.2, 0) is 6.54 Å². The van der Waals surface area contributed by atoms with Gasteiger partial charge in [-0.05, 0) is 18.3 Å². The normalized spacial score (nSPS) is 16.4. The summed E-state index contributed by atoms with van der Waals surface area (Å²) in [6.07, 6.45) is 2.41. The smallest absolute Gasteiger partial charge is 0.270 e. The van der Waals surface area contributed by atoms with Crippen molar-refractivity contribution in [3.05, 3.63) is 16.1 Å². The zero-order chi connectivity index (χ0) is 10.9. The molecule has 4 nitrogen and oxygen atoms in total. The van der Waals surface area contributed by atoms with E-state index in [0.717, 1.165) is 11.6 Å². The molecule has 0 radical (unpaired) electrons. The molecule has 1 saturated carbocycles. The van der Waals surface area contributed by atoms with Crippen LogP contribution in [-0.4, -0.2) is 17.4 Å². The minimum atomic E-state index is -0.0842. The molecule has 1 aromatic heterocycles. The summed E-state index contributed by atoms with van der Waals surface area (Å²) in [5.74, 6) is -0.0842. The van der Waals surface area contributed by atoms with Gasteiger partial charge in [-0.2, -0.15) is 0 Å². The fourth-order valence-corrected chi connectivity index (χ4v) is 1.94. The third-order valence-electron chi connectivity index (χ3n) is 2.74. The Balaban J connectivity index is 0.00000128. The van der Waals surface area contributed by atoms with Crippen LogP contribution in [0.5, 0.6) is 0 Å². The van der Waals surface area contributed by atoms with Crippen molar-refractivity contribution in [1.82, 2.24) is 10.3 Å². The number of carbonyl (C=O) groups is 1. The third-order valence-corrected chi connectivity index (χ3v) is 3.61. The fraction of sp³-hybridized carbons (Fsp3) is 0.600. The van der Waals surface area contributed by atoms with Crippen LogP contribution in [0, 0.1) is 5.41 Å². The molecule has 6 heteroatoms. The van der Waals surface area contributed by atoms with E-state index in [2.05, 4.69) is 17.2 Å². The predicted molar refractivity (Wildman–Crippen MR) is 66.9 cm³/mol. The zero-order valence-corrected chi connectivity index (χ0v) is 10.8. The lowest BCUT2D eigenvalue weighted by Crippen LogP contribution is -2.29. The van der Waals surface area contributed by atoms with E-state index in [1.54, 1.807) is 5.38 Å². The summed E-state index contributed by atoms with van der Waals surface area (Å²) in [7, 11) is 0. The monoisotopic (exact) mass is 261 g/mol. The molecule has 2 rings (SSSR count).